The number of nitrogens with zero attached hydrogens (tertiary/aromatic N) is 1. The number of hydrogen-bond acceptors (Lipinski definition) is 3. The van der Waals surface area contributed by atoms with Crippen LogP contribution in [0.25, 0.3) is 5.57 Å². The molecule has 12 heavy (non-hydrogen) atoms. The summed E-state index contributed by atoms with van der Waals surface area (Å²) in [6.45, 7) is 2.04. The molecule has 0 atom stereocenters. The summed E-state index contributed by atoms with van der Waals surface area (Å²) in [5.41, 5.74) is 4.05. The first-order valence-corrected chi connectivity index (χ1v) is 5.78. The number of rotatable bonds is 2. The lowest BCUT2D eigenvalue weighted by Gasteiger charge is -1.91. The van der Waals surface area contributed by atoms with Crippen LogP contribution in [0.15, 0.2) is 26.0 Å². The lowest BCUT2D eigenvalue weighted by molar-refractivity contribution is 1.34. The van der Waals surface area contributed by atoms with Crippen molar-refractivity contribution in [2.24, 2.45) is 0 Å². The highest BCUT2D eigenvalue weighted by Crippen LogP contribution is 2.16. The minimum Gasteiger partial charge on any atom is -0.245 e. The Kier molecular flexibility index (Phi) is 4.31. The van der Waals surface area contributed by atoms with Crippen LogP contribution < -0.4 is 0 Å². The molecule has 4 heteroatoms. The number of allylic oxidation sites excluding steroid dienone is 3. The van der Waals surface area contributed by atoms with Gasteiger partial charge >= 0.3 is 0 Å². The number of thiazole rings is 1. The highest BCUT2D eigenvalue weighted by Gasteiger charge is 1.94. The summed E-state index contributed by atoms with van der Waals surface area (Å²) in [4.78, 5) is 4.19. The van der Waals surface area contributed by atoms with Crippen LogP contribution in [0.1, 0.15) is 12.6 Å². The molecule has 0 N–H and O–H groups in total. The molecule has 1 aromatic rings. The Bertz CT molecular complexity index is 297. The monoisotopic (exact) mass is 309 g/mol. The van der Waals surface area contributed by atoms with Crippen LogP contribution >= 0.6 is 46.6 Å². The molecular weight excluding hydrogens is 301 g/mol. The van der Waals surface area contributed by atoms with Gasteiger partial charge < -0.3 is 0 Å². The van der Waals surface area contributed by atoms with Gasteiger partial charge in [-0.05, 0) is 41.2 Å². The summed E-state index contributed by atoms with van der Waals surface area (Å²) in [6, 6.07) is 0. The fraction of sp³-hybridized carbons (Fsp3) is 0.125. The van der Waals surface area contributed by atoms with E-state index >= 15 is 0 Å². The Labute approximate surface area is 95.2 Å². The zero-order valence-corrected chi connectivity index (χ0v) is 10.4. The van der Waals surface area contributed by atoms with Gasteiger partial charge in [-0.15, -0.1) is 24.0 Å². The SMILES string of the molecule is C/C(=C\C=C(/S)I)c1cscn1. The topological polar surface area (TPSA) is 12.9 Å². The van der Waals surface area contributed by atoms with Crippen LogP contribution in [0.2, 0.25) is 0 Å². The Morgan fingerprint density at radius 1 is 1.67 bits per heavy atom. The average molecular weight is 309 g/mol. The van der Waals surface area contributed by atoms with E-state index in [4.69, 9.17) is 0 Å². The zero-order valence-electron chi connectivity index (χ0n) is 6.49. The molecule has 64 valence electrons. The van der Waals surface area contributed by atoms with Gasteiger partial charge in [-0.25, -0.2) is 4.98 Å². The molecule has 0 unspecified atom stereocenters. The zero-order chi connectivity index (χ0) is 8.97. The first-order chi connectivity index (χ1) is 5.70. The summed E-state index contributed by atoms with van der Waals surface area (Å²) < 4.78 is 0.974. The van der Waals surface area contributed by atoms with Crippen molar-refractivity contribution >= 4 is 52.1 Å². The largest absolute Gasteiger partial charge is 0.245 e. The van der Waals surface area contributed by atoms with Gasteiger partial charge in [0.15, 0.2) is 0 Å². The van der Waals surface area contributed by atoms with E-state index < -0.39 is 0 Å². The molecule has 0 aromatic carbocycles. The fourth-order valence-electron chi connectivity index (χ4n) is 0.686. The van der Waals surface area contributed by atoms with Gasteiger partial charge in [0.05, 0.1) is 11.2 Å². The van der Waals surface area contributed by atoms with E-state index in [1.54, 1.807) is 11.3 Å². The molecule has 0 fully saturated rings. The highest BCUT2D eigenvalue weighted by atomic mass is 127. The summed E-state index contributed by atoms with van der Waals surface area (Å²) in [7, 11) is 0. The van der Waals surface area contributed by atoms with Crippen molar-refractivity contribution in [1.82, 2.24) is 4.98 Å². The molecule has 0 bridgehead atoms. The molecule has 0 amide bonds. The van der Waals surface area contributed by atoms with E-state index in [-0.39, 0.29) is 0 Å². The number of thiol groups is 1. The van der Waals surface area contributed by atoms with E-state index in [0.29, 0.717) is 0 Å². The van der Waals surface area contributed by atoms with E-state index in [1.165, 1.54) is 5.57 Å². The van der Waals surface area contributed by atoms with Gasteiger partial charge in [-0.2, -0.15) is 0 Å². The van der Waals surface area contributed by atoms with Crippen LogP contribution in [-0.4, -0.2) is 4.98 Å². The van der Waals surface area contributed by atoms with Gasteiger partial charge in [0.25, 0.3) is 0 Å². The number of aromatic nitrogens is 1. The van der Waals surface area contributed by atoms with Crippen molar-refractivity contribution in [2.45, 2.75) is 6.92 Å². The third-order valence-electron chi connectivity index (χ3n) is 1.31. The number of hydrogen-bond donors (Lipinski definition) is 1. The summed E-state index contributed by atoms with van der Waals surface area (Å²) in [5, 5.41) is 2.03. The molecule has 0 radical (unpaired) electrons. The third-order valence-corrected chi connectivity index (χ3v) is 2.40. The minimum absolute atomic E-state index is 0.974. The highest BCUT2D eigenvalue weighted by molar-refractivity contribution is 14.1. The van der Waals surface area contributed by atoms with Crippen molar-refractivity contribution in [3.05, 3.63) is 31.6 Å². The van der Waals surface area contributed by atoms with Gasteiger partial charge in [0.1, 0.15) is 0 Å². The lowest BCUT2D eigenvalue weighted by atomic mass is 10.2. The molecule has 0 aliphatic carbocycles. The predicted octanol–water partition coefficient (Wildman–Crippen LogP) is 3.75. The molecule has 1 aromatic heterocycles. The molecule has 1 rings (SSSR count). The standard InChI is InChI=1S/C8H8INS2/c1-6(2-3-8(9)11)7-4-12-5-10-7/h2-5,11H,1H3/b6-2+,8-3-. The van der Waals surface area contributed by atoms with Crippen LogP contribution in [0.3, 0.4) is 0 Å². The van der Waals surface area contributed by atoms with Gasteiger partial charge in [-0.3, -0.25) is 0 Å². The van der Waals surface area contributed by atoms with E-state index in [9.17, 15) is 0 Å². The van der Waals surface area contributed by atoms with Crippen LogP contribution in [0.5, 0.6) is 0 Å². The molecular formula is C8H8INS2. The molecule has 1 heterocycles. The van der Waals surface area contributed by atoms with E-state index in [1.807, 2.05) is 30.0 Å². The Morgan fingerprint density at radius 2 is 2.42 bits per heavy atom. The number of halogens is 1. The minimum atomic E-state index is 0.974. The van der Waals surface area contributed by atoms with Gasteiger partial charge in [0.2, 0.25) is 0 Å². The maximum atomic E-state index is 4.19. The van der Waals surface area contributed by atoms with Crippen molar-refractivity contribution in [3.8, 4) is 0 Å². The van der Waals surface area contributed by atoms with Crippen LogP contribution in [-0.2, 0) is 0 Å². The predicted molar refractivity (Wildman–Crippen MR) is 66.9 cm³/mol. The first kappa shape index (κ1) is 10.3. The molecule has 1 nitrogen and oxygen atoms in total. The van der Waals surface area contributed by atoms with Crippen molar-refractivity contribution < 1.29 is 0 Å². The second kappa shape index (κ2) is 5.04. The van der Waals surface area contributed by atoms with Crippen LogP contribution in [0, 0.1) is 0 Å². The molecule has 0 spiro atoms. The quantitative estimate of drug-likeness (QED) is 0.499. The van der Waals surface area contributed by atoms with Crippen molar-refractivity contribution in [1.29, 1.82) is 0 Å². The normalized spacial score (nSPS) is 13.6. The fourth-order valence-corrected chi connectivity index (χ4v) is 1.55. The Hall–Kier alpha value is 0.190. The third kappa shape index (κ3) is 3.28. The first-order valence-electron chi connectivity index (χ1n) is 3.32. The molecule has 0 aliphatic rings. The maximum Gasteiger partial charge on any atom is 0.0798 e. The summed E-state index contributed by atoms with van der Waals surface area (Å²) >= 11 is 7.92. The van der Waals surface area contributed by atoms with Crippen molar-refractivity contribution in [2.75, 3.05) is 0 Å². The van der Waals surface area contributed by atoms with E-state index in [0.717, 1.165) is 8.61 Å². The summed E-state index contributed by atoms with van der Waals surface area (Å²) in [6.07, 6.45) is 3.97. The molecule has 0 aliphatic heterocycles. The molecule has 0 saturated carbocycles. The van der Waals surface area contributed by atoms with Gasteiger partial charge in [0, 0.05) is 8.29 Å². The second-order valence-electron chi connectivity index (χ2n) is 2.21. The summed E-state index contributed by atoms with van der Waals surface area (Å²) in [5.74, 6) is 0. The van der Waals surface area contributed by atoms with Crippen LogP contribution in [0.4, 0.5) is 0 Å². The van der Waals surface area contributed by atoms with Gasteiger partial charge in [-0.1, -0.05) is 6.08 Å². The smallest absolute Gasteiger partial charge is 0.0798 e. The average Bonchev–Trinajstić information content (AvgIpc) is 2.51. The lowest BCUT2D eigenvalue weighted by Crippen LogP contribution is -1.75. The van der Waals surface area contributed by atoms with E-state index in [2.05, 4.69) is 40.2 Å². The maximum absolute atomic E-state index is 4.19. The second-order valence-corrected chi connectivity index (χ2v) is 5.43. The Morgan fingerprint density at radius 3 is 2.92 bits per heavy atom. The van der Waals surface area contributed by atoms with Crippen molar-refractivity contribution in [3.63, 3.8) is 0 Å². The molecule has 0 saturated heterocycles. The Balaban J connectivity index is 2.78.